The monoisotopic (exact) mass is 269 g/mol. The Morgan fingerprint density at radius 3 is 2.89 bits per heavy atom. The highest BCUT2D eigenvalue weighted by Gasteiger charge is 1.98. The van der Waals surface area contributed by atoms with Crippen molar-refractivity contribution >= 4 is 11.8 Å². The molecule has 18 heavy (non-hydrogen) atoms. The normalized spacial score (nSPS) is 11.1. The van der Waals surface area contributed by atoms with Crippen molar-refractivity contribution in [3.63, 3.8) is 0 Å². The second kappa shape index (κ2) is 9.39. The van der Waals surface area contributed by atoms with Gasteiger partial charge in [-0.2, -0.15) is 0 Å². The molecule has 4 heteroatoms. The van der Waals surface area contributed by atoms with Crippen molar-refractivity contribution in [2.45, 2.75) is 31.3 Å². The third kappa shape index (κ3) is 7.01. The molecule has 1 aromatic rings. The lowest BCUT2D eigenvalue weighted by atomic mass is 10.2. The van der Waals surface area contributed by atoms with Crippen molar-refractivity contribution in [3.8, 4) is 0 Å². The molecule has 1 rings (SSSR count). The molecule has 0 fully saturated rings. The second-order valence-electron chi connectivity index (χ2n) is 4.37. The molecule has 0 aliphatic heterocycles. The van der Waals surface area contributed by atoms with Gasteiger partial charge in [-0.25, -0.2) is 0 Å². The lowest BCUT2D eigenvalue weighted by Gasteiger charge is -2.09. The molecular formula is C14H23NO2S. The Bertz CT molecular complexity index is 331. The summed E-state index contributed by atoms with van der Waals surface area (Å²) in [5, 5.41) is 12.0. The van der Waals surface area contributed by atoms with Gasteiger partial charge in [-0.15, -0.1) is 11.8 Å². The fourth-order valence-corrected chi connectivity index (χ4v) is 2.30. The van der Waals surface area contributed by atoms with E-state index in [9.17, 15) is 0 Å². The topological polar surface area (TPSA) is 41.5 Å². The molecule has 3 nitrogen and oxygen atoms in total. The number of rotatable bonds is 9. The maximum absolute atomic E-state index is 8.58. The molecular weight excluding hydrogens is 246 g/mol. The van der Waals surface area contributed by atoms with Crippen LogP contribution in [0, 0.1) is 0 Å². The number of aliphatic hydroxyl groups excluding tert-OH is 1. The van der Waals surface area contributed by atoms with Gasteiger partial charge in [-0.05, 0) is 17.7 Å². The molecule has 0 aliphatic carbocycles. The van der Waals surface area contributed by atoms with E-state index in [-0.39, 0.29) is 6.61 Å². The van der Waals surface area contributed by atoms with Crippen molar-refractivity contribution in [2.24, 2.45) is 0 Å². The van der Waals surface area contributed by atoms with Crippen LogP contribution in [0.5, 0.6) is 0 Å². The zero-order valence-electron chi connectivity index (χ0n) is 11.2. The van der Waals surface area contributed by atoms with Crippen LogP contribution < -0.4 is 5.32 Å². The average Bonchev–Trinajstić information content (AvgIpc) is 2.37. The van der Waals surface area contributed by atoms with Gasteiger partial charge in [0.2, 0.25) is 0 Å². The molecule has 0 atom stereocenters. The Morgan fingerprint density at radius 2 is 2.17 bits per heavy atom. The number of hydrogen-bond acceptors (Lipinski definition) is 4. The van der Waals surface area contributed by atoms with Crippen LogP contribution in [0.15, 0.2) is 29.2 Å². The van der Waals surface area contributed by atoms with E-state index in [0.717, 1.165) is 12.3 Å². The van der Waals surface area contributed by atoms with Gasteiger partial charge in [0.1, 0.15) is 0 Å². The average molecular weight is 269 g/mol. The summed E-state index contributed by atoms with van der Waals surface area (Å²) in [6.07, 6.45) is 0. The molecule has 1 aromatic carbocycles. The molecule has 102 valence electrons. The van der Waals surface area contributed by atoms with Crippen LogP contribution in [0.25, 0.3) is 0 Å². The van der Waals surface area contributed by atoms with Gasteiger partial charge < -0.3 is 15.2 Å². The highest BCUT2D eigenvalue weighted by molar-refractivity contribution is 7.99. The Labute approximate surface area is 114 Å². The maximum atomic E-state index is 8.58. The van der Waals surface area contributed by atoms with E-state index >= 15 is 0 Å². The largest absolute Gasteiger partial charge is 0.394 e. The molecule has 0 bridgehead atoms. The highest BCUT2D eigenvalue weighted by Crippen LogP contribution is 2.18. The number of aliphatic hydroxyl groups is 1. The first-order valence-corrected chi connectivity index (χ1v) is 7.34. The molecule has 2 N–H and O–H groups in total. The lowest BCUT2D eigenvalue weighted by molar-refractivity contribution is 0.103. The van der Waals surface area contributed by atoms with Gasteiger partial charge in [0.25, 0.3) is 0 Å². The summed E-state index contributed by atoms with van der Waals surface area (Å²) in [4.78, 5) is 1.27. The summed E-state index contributed by atoms with van der Waals surface area (Å²) in [6, 6.07) is 9.07. The predicted octanol–water partition coefficient (Wildman–Crippen LogP) is 2.29. The van der Waals surface area contributed by atoms with Gasteiger partial charge in [0.05, 0.1) is 19.8 Å². The predicted molar refractivity (Wildman–Crippen MR) is 77.0 cm³/mol. The maximum Gasteiger partial charge on any atom is 0.0698 e. The minimum atomic E-state index is 0.0982. The Kier molecular flexibility index (Phi) is 8.09. The number of thioether (sulfide) groups is 1. The van der Waals surface area contributed by atoms with E-state index in [0.29, 0.717) is 19.3 Å². The standard InChI is InChI=1S/C14H23NO2S/c1-12(2)15-11-13-4-3-5-14(10-13)18-9-8-17-7-6-16/h3-5,10,12,15-16H,6-9,11H2,1-2H3. The smallest absolute Gasteiger partial charge is 0.0698 e. The van der Waals surface area contributed by atoms with Crippen LogP contribution in [-0.2, 0) is 11.3 Å². The zero-order valence-corrected chi connectivity index (χ0v) is 12.0. The fourth-order valence-electron chi connectivity index (χ4n) is 1.45. The minimum absolute atomic E-state index is 0.0982. The van der Waals surface area contributed by atoms with Gasteiger partial charge in [0, 0.05) is 23.2 Å². The molecule has 0 radical (unpaired) electrons. The number of hydrogen-bond donors (Lipinski definition) is 2. The van der Waals surface area contributed by atoms with Gasteiger partial charge in [0.15, 0.2) is 0 Å². The minimum Gasteiger partial charge on any atom is -0.394 e. The molecule has 0 saturated heterocycles. The zero-order chi connectivity index (χ0) is 13.2. The number of ether oxygens (including phenoxy) is 1. The van der Waals surface area contributed by atoms with E-state index in [1.165, 1.54) is 10.5 Å². The van der Waals surface area contributed by atoms with Crippen molar-refractivity contribution in [1.82, 2.24) is 5.32 Å². The third-order valence-corrected chi connectivity index (χ3v) is 3.30. The van der Waals surface area contributed by atoms with Crippen molar-refractivity contribution in [3.05, 3.63) is 29.8 Å². The van der Waals surface area contributed by atoms with Crippen LogP contribution in [0.2, 0.25) is 0 Å². The first-order chi connectivity index (χ1) is 8.72. The van der Waals surface area contributed by atoms with Crippen molar-refractivity contribution in [2.75, 3.05) is 25.6 Å². The first-order valence-electron chi connectivity index (χ1n) is 6.36. The molecule has 0 aliphatic rings. The Balaban J connectivity index is 2.30. The quantitative estimate of drug-likeness (QED) is 0.533. The second-order valence-corrected chi connectivity index (χ2v) is 5.54. The molecule has 0 unspecified atom stereocenters. The fraction of sp³-hybridized carbons (Fsp3) is 0.571. The van der Waals surface area contributed by atoms with Gasteiger partial charge in [-0.1, -0.05) is 26.0 Å². The van der Waals surface area contributed by atoms with E-state index < -0.39 is 0 Å². The highest BCUT2D eigenvalue weighted by atomic mass is 32.2. The van der Waals surface area contributed by atoms with Crippen LogP contribution in [-0.4, -0.2) is 36.7 Å². The molecule has 0 amide bonds. The Morgan fingerprint density at radius 1 is 1.33 bits per heavy atom. The van der Waals surface area contributed by atoms with Crippen molar-refractivity contribution in [1.29, 1.82) is 0 Å². The Hall–Kier alpha value is -0.550. The lowest BCUT2D eigenvalue weighted by Crippen LogP contribution is -2.21. The summed E-state index contributed by atoms with van der Waals surface area (Å²) < 4.78 is 5.23. The van der Waals surface area contributed by atoms with E-state index in [1.807, 2.05) is 0 Å². The molecule has 0 spiro atoms. The summed E-state index contributed by atoms with van der Waals surface area (Å²) >= 11 is 1.78. The van der Waals surface area contributed by atoms with E-state index in [2.05, 4.69) is 43.4 Å². The molecule has 0 aromatic heterocycles. The summed E-state index contributed by atoms with van der Waals surface area (Å²) in [7, 11) is 0. The van der Waals surface area contributed by atoms with Gasteiger partial charge >= 0.3 is 0 Å². The van der Waals surface area contributed by atoms with Crippen LogP contribution in [0.1, 0.15) is 19.4 Å². The van der Waals surface area contributed by atoms with Crippen molar-refractivity contribution < 1.29 is 9.84 Å². The molecule has 0 saturated carbocycles. The third-order valence-electron chi connectivity index (χ3n) is 2.34. The van der Waals surface area contributed by atoms with Crippen LogP contribution >= 0.6 is 11.8 Å². The summed E-state index contributed by atoms with van der Waals surface area (Å²) in [5.74, 6) is 0.918. The van der Waals surface area contributed by atoms with Gasteiger partial charge in [-0.3, -0.25) is 0 Å². The number of benzene rings is 1. The SMILES string of the molecule is CC(C)NCc1cccc(SCCOCCO)c1. The van der Waals surface area contributed by atoms with Crippen LogP contribution in [0.3, 0.4) is 0 Å². The number of nitrogens with one attached hydrogen (secondary N) is 1. The van der Waals surface area contributed by atoms with E-state index in [1.54, 1.807) is 11.8 Å². The summed E-state index contributed by atoms with van der Waals surface area (Å²) in [5.41, 5.74) is 1.31. The van der Waals surface area contributed by atoms with Crippen LogP contribution in [0.4, 0.5) is 0 Å². The molecule has 0 heterocycles. The van der Waals surface area contributed by atoms with E-state index in [4.69, 9.17) is 9.84 Å². The summed E-state index contributed by atoms with van der Waals surface area (Å²) in [6.45, 7) is 6.42. The first kappa shape index (κ1) is 15.5.